The summed E-state index contributed by atoms with van der Waals surface area (Å²) in [6.45, 7) is 6.45. The highest BCUT2D eigenvalue weighted by molar-refractivity contribution is 6.83. The number of benzene rings is 2. The van der Waals surface area contributed by atoms with Gasteiger partial charge in [-0.25, -0.2) is 0 Å². The van der Waals surface area contributed by atoms with Gasteiger partial charge in [-0.2, -0.15) is 0 Å². The summed E-state index contributed by atoms with van der Waals surface area (Å²) in [6.07, 6.45) is 0. The van der Waals surface area contributed by atoms with E-state index in [1.54, 1.807) is 0 Å². The van der Waals surface area contributed by atoms with Crippen LogP contribution in [0.3, 0.4) is 0 Å². The quantitative estimate of drug-likeness (QED) is 0.627. The smallest absolute Gasteiger partial charge is 0.213 e. The van der Waals surface area contributed by atoms with Crippen molar-refractivity contribution in [1.29, 1.82) is 0 Å². The molecule has 2 aromatic carbocycles. The van der Waals surface area contributed by atoms with Crippen molar-refractivity contribution in [3.05, 3.63) is 71.8 Å². The predicted molar refractivity (Wildman–Crippen MR) is 94.8 cm³/mol. The summed E-state index contributed by atoms with van der Waals surface area (Å²) < 4.78 is 0. The van der Waals surface area contributed by atoms with Gasteiger partial charge in [-0.1, -0.05) is 80.0 Å². The van der Waals surface area contributed by atoms with Gasteiger partial charge in [-0.15, -0.1) is 5.54 Å². The molecule has 2 rings (SSSR count). The summed E-state index contributed by atoms with van der Waals surface area (Å²) >= 11 is 0. The van der Waals surface area contributed by atoms with Gasteiger partial charge in [0.05, 0.1) is 0 Å². The van der Waals surface area contributed by atoms with Crippen LogP contribution in [0.5, 0.6) is 0 Å². The van der Waals surface area contributed by atoms with Crippen molar-refractivity contribution < 1.29 is 5.11 Å². The van der Waals surface area contributed by atoms with Crippen molar-refractivity contribution >= 4 is 8.07 Å². The first-order valence-electron chi connectivity index (χ1n) is 7.29. The van der Waals surface area contributed by atoms with Crippen LogP contribution in [0.4, 0.5) is 0 Å². The van der Waals surface area contributed by atoms with Gasteiger partial charge in [0.1, 0.15) is 8.07 Å². The number of aliphatic hydroxyl groups is 1. The van der Waals surface area contributed by atoms with E-state index in [-0.39, 0.29) is 0 Å². The lowest BCUT2D eigenvalue weighted by Gasteiger charge is -2.17. The van der Waals surface area contributed by atoms with Crippen molar-refractivity contribution in [1.82, 2.24) is 0 Å². The molecule has 1 N–H and O–H groups in total. The Labute approximate surface area is 134 Å². The molecule has 1 atom stereocenters. The summed E-state index contributed by atoms with van der Waals surface area (Å²) in [7, 11) is -1.60. The summed E-state index contributed by atoms with van der Waals surface area (Å²) in [6, 6.07) is 19.1. The van der Waals surface area contributed by atoms with Crippen LogP contribution < -0.4 is 0 Å². The highest BCUT2D eigenvalue weighted by atomic mass is 28.3. The molecular weight excluding hydrogens is 284 g/mol. The maximum absolute atomic E-state index is 11.0. The predicted octanol–water partition coefficient (Wildman–Crippen LogP) is 3.81. The Hall–Kier alpha value is -2.26. The van der Waals surface area contributed by atoms with Crippen LogP contribution in [0.1, 0.15) is 11.1 Å². The molecule has 0 saturated carbocycles. The molecule has 0 aliphatic heterocycles. The molecule has 2 heteroatoms. The Morgan fingerprint density at radius 1 is 0.818 bits per heavy atom. The molecular formula is C20H20OSi. The first kappa shape index (κ1) is 16.1. The monoisotopic (exact) mass is 304 g/mol. The van der Waals surface area contributed by atoms with Crippen LogP contribution in [-0.2, 0) is 5.60 Å². The summed E-state index contributed by atoms with van der Waals surface area (Å²) in [5.74, 6) is 9.00. The van der Waals surface area contributed by atoms with Gasteiger partial charge in [0.25, 0.3) is 0 Å². The third kappa shape index (κ3) is 4.64. The van der Waals surface area contributed by atoms with E-state index in [1.165, 1.54) is 0 Å². The van der Waals surface area contributed by atoms with Crippen molar-refractivity contribution in [3.8, 4) is 23.3 Å². The normalized spacial score (nSPS) is 13.1. The second kappa shape index (κ2) is 6.67. The van der Waals surface area contributed by atoms with Crippen molar-refractivity contribution in [2.24, 2.45) is 0 Å². The topological polar surface area (TPSA) is 20.2 Å². The Balaban J connectivity index is 2.47. The lowest BCUT2D eigenvalue weighted by molar-refractivity contribution is 0.165. The van der Waals surface area contributed by atoms with Crippen LogP contribution in [0.15, 0.2) is 60.7 Å². The van der Waals surface area contributed by atoms with E-state index in [9.17, 15) is 5.11 Å². The zero-order valence-electron chi connectivity index (χ0n) is 13.2. The third-order valence-corrected chi connectivity index (χ3v) is 3.85. The summed E-state index contributed by atoms with van der Waals surface area (Å²) in [4.78, 5) is 0. The first-order chi connectivity index (χ1) is 10.4. The second-order valence-corrected chi connectivity index (χ2v) is 10.9. The minimum absolute atomic E-state index is 0.712. The summed E-state index contributed by atoms with van der Waals surface area (Å²) in [5.41, 5.74) is 3.38. The zero-order chi connectivity index (χ0) is 16.1. The average molecular weight is 304 g/mol. The molecule has 0 bridgehead atoms. The molecule has 2 aromatic rings. The van der Waals surface area contributed by atoms with E-state index < -0.39 is 13.7 Å². The largest absolute Gasteiger partial charge is 0.364 e. The van der Waals surface area contributed by atoms with Crippen molar-refractivity contribution in [3.63, 3.8) is 0 Å². The minimum Gasteiger partial charge on any atom is -0.364 e. The molecule has 0 aliphatic carbocycles. The minimum atomic E-state index is -1.60. The molecule has 0 fully saturated rings. The molecule has 0 spiro atoms. The molecule has 0 aromatic heterocycles. The molecule has 0 amide bonds. The lowest BCUT2D eigenvalue weighted by atomic mass is 9.95. The van der Waals surface area contributed by atoms with Gasteiger partial charge in [0.2, 0.25) is 5.60 Å². The van der Waals surface area contributed by atoms with Crippen LogP contribution >= 0.6 is 0 Å². The maximum Gasteiger partial charge on any atom is 0.213 e. The third-order valence-electron chi connectivity index (χ3n) is 2.97. The Morgan fingerprint density at radius 2 is 1.36 bits per heavy atom. The SMILES string of the molecule is C[Si](C)(C)C#CC(O)(C#Cc1ccccc1)c1ccccc1. The van der Waals surface area contributed by atoms with Crippen LogP contribution in [0.2, 0.25) is 19.6 Å². The second-order valence-electron chi connectivity index (χ2n) is 6.19. The molecule has 0 aliphatic rings. The highest BCUT2D eigenvalue weighted by Gasteiger charge is 2.24. The van der Waals surface area contributed by atoms with E-state index in [0.29, 0.717) is 5.56 Å². The van der Waals surface area contributed by atoms with E-state index in [1.807, 2.05) is 60.7 Å². The zero-order valence-corrected chi connectivity index (χ0v) is 14.2. The van der Waals surface area contributed by atoms with Gasteiger partial charge in [-0.05, 0) is 18.1 Å². The fraction of sp³-hybridized carbons (Fsp3) is 0.200. The van der Waals surface area contributed by atoms with Gasteiger partial charge < -0.3 is 5.11 Å². The van der Waals surface area contributed by atoms with E-state index in [4.69, 9.17) is 0 Å². The molecule has 0 heterocycles. The van der Waals surface area contributed by atoms with Gasteiger partial charge in [0.15, 0.2) is 0 Å². The maximum atomic E-state index is 11.0. The standard InChI is InChI=1S/C20H20OSi/c1-22(2,3)17-16-20(21,19-12-8-5-9-13-19)15-14-18-10-6-4-7-11-18/h4-13,21H,1-3H3. The van der Waals surface area contributed by atoms with Crippen molar-refractivity contribution in [2.75, 3.05) is 0 Å². The fourth-order valence-electron chi connectivity index (χ4n) is 1.82. The van der Waals surface area contributed by atoms with E-state index >= 15 is 0 Å². The molecule has 1 unspecified atom stereocenters. The Bertz CT molecular complexity index is 737. The highest BCUT2D eigenvalue weighted by Crippen LogP contribution is 2.20. The number of hydrogen-bond donors (Lipinski definition) is 1. The molecule has 1 nitrogen and oxygen atoms in total. The van der Waals surface area contributed by atoms with Gasteiger partial charge in [-0.3, -0.25) is 0 Å². The molecule has 110 valence electrons. The summed E-state index contributed by atoms with van der Waals surface area (Å²) in [5, 5.41) is 11.0. The first-order valence-corrected chi connectivity index (χ1v) is 10.8. The van der Waals surface area contributed by atoms with E-state index in [2.05, 4.69) is 42.9 Å². The Morgan fingerprint density at radius 3 is 1.91 bits per heavy atom. The van der Waals surface area contributed by atoms with Gasteiger partial charge in [0, 0.05) is 11.1 Å². The molecule has 0 radical (unpaired) electrons. The number of rotatable bonds is 1. The molecule has 22 heavy (non-hydrogen) atoms. The fourth-order valence-corrected chi connectivity index (χ4v) is 2.37. The number of hydrogen-bond acceptors (Lipinski definition) is 1. The lowest BCUT2D eigenvalue weighted by Crippen LogP contribution is -2.24. The van der Waals surface area contributed by atoms with E-state index in [0.717, 1.165) is 5.56 Å². The molecule has 0 saturated heterocycles. The van der Waals surface area contributed by atoms with Crippen LogP contribution in [0, 0.1) is 23.3 Å². The Kier molecular flexibility index (Phi) is 4.88. The van der Waals surface area contributed by atoms with Crippen LogP contribution in [0.25, 0.3) is 0 Å². The van der Waals surface area contributed by atoms with Crippen molar-refractivity contribution in [2.45, 2.75) is 25.2 Å². The average Bonchev–Trinajstić information content (AvgIpc) is 2.52. The van der Waals surface area contributed by atoms with Crippen LogP contribution in [-0.4, -0.2) is 13.2 Å². The van der Waals surface area contributed by atoms with Gasteiger partial charge >= 0.3 is 0 Å².